The van der Waals surface area contributed by atoms with Crippen molar-refractivity contribution >= 4 is 48.9 Å². The summed E-state index contributed by atoms with van der Waals surface area (Å²) in [5.74, 6) is 0.230. The van der Waals surface area contributed by atoms with Gasteiger partial charge in [-0.25, -0.2) is 13.1 Å². The topological polar surface area (TPSA) is 58.2 Å². The van der Waals surface area contributed by atoms with E-state index in [1.54, 1.807) is 0 Å². The molecule has 0 aromatic carbocycles. The van der Waals surface area contributed by atoms with Crippen LogP contribution in [0.4, 0.5) is 0 Å². The first-order valence-electron chi connectivity index (χ1n) is 4.96. The predicted molar refractivity (Wildman–Crippen MR) is 75.3 cm³/mol. The molecule has 17 heavy (non-hydrogen) atoms. The Kier molecular flexibility index (Phi) is 5.88. The van der Waals surface area contributed by atoms with Crippen LogP contribution in [0.25, 0.3) is 0 Å². The van der Waals surface area contributed by atoms with Gasteiger partial charge >= 0.3 is 0 Å². The molecule has 0 radical (unpaired) electrons. The lowest BCUT2D eigenvalue weighted by atomic mass is 10.2. The van der Waals surface area contributed by atoms with E-state index in [1.165, 1.54) is 6.07 Å². The lowest BCUT2D eigenvalue weighted by Gasteiger charge is -2.11. The molecule has 2 N–H and O–H groups in total. The van der Waals surface area contributed by atoms with Crippen LogP contribution in [0.1, 0.15) is 6.92 Å². The molecule has 0 saturated carbocycles. The van der Waals surface area contributed by atoms with E-state index >= 15 is 0 Å². The lowest BCUT2D eigenvalue weighted by molar-refractivity contribution is 0.519. The Bertz CT molecular complexity index is 456. The van der Waals surface area contributed by atoms with Gasteiger partial charge in [0.1, 0.15) is 4.21 Å². The van der Waals surface area contributed by atoms with Gasteiger partial charge in [-0.2, -0.15) is 0 Å². The molecule has 0 amide bonds. The number of sulfonamides is 1. The molecule has 1 aromatic heterocycles. The predicted octanol–water partition coefficient (Wildman–Crippen LogP) is 2.30. The SMILES string of the molecule is CNCC(C)CNS(=O)(=O)c1cc(Cl)c(Br)s1. The third-order valence-electron chi connectivity index (χ3n) is 2.06. The zero-order valence-electron chi connectivity index (χ0n) is 9.46. The number of rotatable bonds is 6. The van der Waals surface area contributed by atoms with Crippen molar-refractivity contribution in [3.05, 3.63) is 14.9 Å². The van der Waals surface area contributed by atoms with Crippen molar-refractivity contribution in [1.82, 2.24) is 10.0 Å². The van der Waals surface area contributed by atoms with E-state index in [0.29, 0.717) is 15.4 Å². The molecule has 1 unspecified atom stereocenters. The maximum Gasteiger partial charge on any atom is 0.250 e. The van der Waals surface area contributed by atoms with Crippen LogP contribution in [0, 0.1) is 5.92 Å². The highest BCUT2D eigenvalue weighted by molar-refractivity contribution is 9.11. The molecule has 1 aromatic rings. The molecule has 0 saturated heterocycles. The number of halogens is 2. The Morgan fingerprint density at radius 1 is 1.53 bits per heavy atom. The van der Waals surface area contributed by atoms with Crippen molar-refractivity contribution in [2.24, 2.45) is 5.92 Å². The molecule has 0 bridgehead atoms. The Morgan fingerprint density at radius 2 is 2.18 bits per heavy atom. The maximum atomic E-state index is 11.9. The summed E-state index contributed by atoms with van der Waals surface area (Å²) in [7, 11) is -1.61. The van der Waals surface area contributed by atoms with E-state index in [4.69, 9.17) is 11.6 Å². The average molecular weight is 362 g/mol. The molecule has 8 heteroatoms. The second-order valence-electron chi connectivity index (χ2n) is 3.70. The van der Waals surface area contributed by atoms with Gasteiger partial charge in [0.25, 0.3) is 0 Å². The molecular formula is C9H14BrClN2O2S2. The van der Waals surface area contributed by atoms with Crippen LogP contribution in [0.15, 0.2) is 14.1 Å². The van der Waals surface area contributed by atoms with Crippen LogP contribution >= 0.6 is 38.9 Å². The zero-order valence-corrected chi connectivity index (χ0v) is 13.4. The Hall–Kier alpha value is 0.340. The second kappa shape index (κ2) is 6.49. The Balaban J connectivity index is 2.69. The molecule has 98 valence electrons. The average Bonchev–Trinajstić information content (AvgIpc) is 2.58. The highest BCUT2D eigenvalue weighted by Crippen LogP contribution is 2.34. The minimum absolute atomic E-state index is 0.228. The van der Waals surface area contributed by atoms with Crippen LogP contribution in [-0.2, 0) is 10.0 Å². The summed E-state index contributed by atoms with van der Waals surface area (Å²) in [4.78, 5) is 0. The standard InChI is InChI=1S/C9H14BrClN2O2S2/c1-6(4-12-2)5-13-17(14,15)8-3-7(11)9(10)16-8/h3,6,12-13H,4-5H2,1-2H3. The summed E-state index contributed by atoms with van der Waals surface area (Å²) in [6.07, 6.45) is 0. The Morgan fingerprint density at radius 3 is 2.65 bits per heavy atom. The van der Waals surface area contributed by atoms with Gasteiger partial charge < -0.3 is 5.32 Å². The fraction of sp³-hybridized carbons (Fsp3) is 0.556. The fourth-order valence-electron chi connectivity index (χ4n) is 1.20. The van der Waals surface area contributed by atoms with Gasteiger partial charge in [-0.1, -0.05) is 18.5 Å². The van der Waals surface area contributed by atoms with E-state index in [1.807, 2.05) is 14.0 Å². The van der Waals surface area contributed by atoms with Crippen molar-refractivity contribution < 1.29 is 8.42 Å². The van der Waals surface area contributed by atoms with E-state index in [2.05, 4.69) is 26.0 Å². The molecular weight excluding hydrogens is 348 g/mol. The monoisotopic (exact) mass is 360 g/mol. The normalized spacial score (nSPS) is 13.9. The minimum Gasteiger partial charge on any atom is -0.319 e. The van der Waals surface area contributed by atoms with Gasteiger partial charge in [-0.3, -0.25) is 0 Å². The van der Waals surface area contributed by atoms with Crippen molar-refractivity contribution in [1.29, 1.82) is 0 Å². The van der Waals surface area contributed by atoms with Crippen LogP contribution in [0.3, 0.4) is 0 Å². The quantitative estimate of drug-likeness (QED) is 0.817. The number of thiophene rings is 1. The van der Waals surface area contributed by atoms with Gasteiger partial charge in [-0.15, -0.1) is 11.3 Å². The number of hydrogen-bond acceptors (Lipinski definition) is 4. The van der Waals surface area contributed by atoms with Gasteiger partial charge in [0.15, 0.2) is 0 Å². The zero-order chi connectivity index (χ0) is 13.1. The van der Waals surface area contributed by atoms with Crippen LogP contribution in [0.2, 0.25) is 5.02 Å². The van der Waals surface area contributed by atoms with Gasteiger partial charge in [0.2, 0.25) is 10.0 Å². The number of nitrogens with one attached hydrogen (secondary N) is 2. The summed E-state index contributed by atoms with van der Waals surface area (Å²) in [6.45, 7) is 3.13. The summed E-state index contributed by atoms with van der Waals surface area (Å²) >= 11 is 10.1. The van der Waals surface area contributed by atoms with Crippen molar-refractivity contribution in [2.45, 2.75) is 11.1 Å². The van der Waals surface area contributed by atoms with Crippen molar-refractivity contribution in [3.8, 4) is 0 Å². The highest BCUT2D eigenvalue weighted by atomic mass is 79.9. The first kappa shape index (κ1) is 15.4. The fourth-order valence-corrected chi connectivity index (χ4v) is 4.81. The maximum absolute atomic E-state index is 11.9. The van der Waals surface area contributed by atoms with Crippen molar-refractivity contribution in [3.63, 3.8) is 0 Å². The summed E-state index contributed by atoms with van der Waals surface area (Å²) in [6, 6.07) is 1.45. The largest absolute Gasteiger partial charge is 0.319 e. The highest BCUT2D eigenvalue weighted by Gasteiger charge is 2.19. The second-order valence-corrected chi connectivity index (χ2v) is 8.47. The Labute approximate surface area is 119 Å². The number of hydrogen-bond donors (Lipinski definition) is 2. The van der Waals surface area contributed by atoms with Gasteiger partial charge in [0.05, 0.1) is 8.81 Å². The lowest BCUT2D eigenvalue weighted by Crippen LogP contribution is -2.31. The molecule has 1 rings (SSSR count). The van der Waals surface area contributed by atoms with E-state index < -0.39 is 10.0 Å². The smallest absolute Gasteiger partial charge is 0.250 e. The molecule has 0 spiro atoms. The molecule has 4 nitrogen and oxygen atoms in total. The summed E-state index contributed by atoms with van der Waals surface area (Å²) < 4.78 is 27.2. The van der Waals surface area contributed by atoms with Gasteiger partial charge in [0, 0.05) is 6.54 Å². The molecule has 0 aliphatic rings. The van der Waals surface area contributed by atoms with Crippen LogP contribution in [0.5, 0.6) is 0 Å². The molecule has 0 fully saturated rings. The summed E-state index contributed by atoms with van der Waals surface area (Å²) in [5, 5.41) is 3.41. The molecule has 0 aliphatic carbocycles. The third-order valence-corrected chi connectivity index (χ3v) is 6.43. The van der Waals surface area contributed by atoms with E-state index in [-0.39, 0.29) is 10.1 Å². The minimum atomic E-state index is -3.45. The first-order chi connectivity index (χ1) is 7.86. The van der Waals surface area contributed by atoms with Gasteiger partial charge in [-0.05, 0) is 41.5 Å². The van der Waals surface area contributed by atoms with Crippen LogP contribution in [-0.4, -0.2) is 28.6 Å². The molecule has 0 aliphatic heterocycles. The van der Waals surface area contributed by atoms with Crippen LogP contribution < -0.4 is 10.0 Å². The van der Waals surface area contributed by atoms with E-state index in [9.17, 15) is 8.42 Å². The molecule has 1 atom stereocenters. The summed E-state index contributed by atoms with van der Waals surface area (Å²) in [5.41, 5.74) is 0. The van der Waals surface area contributed by atoms with E-state index in [0.717, 1.165) is 17.9 Å². The molecule has 1 heterocycles. The third kappa shape index (κ3) is 4.50. The first-order valence-corrected chi connectivity index (χ1v) is 8.43. The van der Waals surface area contributed by atoms with Crippen molar-refractivity contribution in [2.75, 3.05) is 20.1 Å².